The van der Waals surface area contributed by atoms with Crippen LogP contribution in [0.1, 0.15) is 12.5 Å². The number of H-pyrrole nitrogens is 2. The number of alkyl halides is 2. The zero-order valence-corrected chi connectivity index (χ0v) is 24.0. The van der Waals surface area contributed by atoms with Crippen molar-refractivity contribution in [2.75, 3.05) is 18.9 Å². The lowest BCUT2D eigenvalue weighted by Gasteiger charge is -2.19. The fourth-order valence-corrected chi connectivity index (χ4v) is 5.76. The Kier molecular flexibility index (Phi) is 8.45. The van der Waals surface area contributed by atoms with Crippen LogP contribution in [-0.4, -0.2) is 88.5 Å². The van der Waals surface area contributed by atoms with Crippen LogP contribution < -0.4 is 16.9 Å². The van der Waals surface area contributed by atoms with Crippen molar-refractivity contribution >= 4 is 59.7 Å². The number of nitrogens with two attached hydrogens (primary N) is 1. The Labute approximate surface area is 241 Å². The maximum absolute atomic E-state index is 15.6. The van der Waals surface area contributed by atoms with Crippen molar-refractivity contribution < 1.29 is 36.0 Å². The highest BCUT2D eigenvalue weighted by atomic mass is 32.1. The minimum atomic E-state index is -1.84. The Morgan fingerprint density at radius 1 is 1.12 bits per heavy atom. The minimum absolute atomic E-state index is 0.0125. The van der Waals surface area contributed by atoms with Crippen molar-refractivity contribution in [3.63, 3.8) is 0 Å². The molecule has 4 aromatic heterocycles. The van der Waals surface area contributed by atoms with Gasteiger partial charge in [-0.05, 0) is 12.9 Å². The fourth-order valence-electron chi connectivity index (χ4n) is 4.74. The van der Waals surface area contributed by atoms with E-state index >= 15 is 8.78 Å². The first-order chi connectivity index (χ1) is 20.3. The first-order valence-electron chi connectivity index (χ1n) is 12.1. The van der Waals surface area contributed by atoms with E-state index in [2.05, 4.69) is 57.6 Å². The van der Waals surface area contributed by atoms with Crippen molar-refractivity contribution in [1.82, 2.24) is 44.5 Å². The second-order valence-electron chi connectivity index (χ2n) is 9.14. The summed E-state index contributed by atoms with van der Waals surface area (Å²) in [6.07, 6.45) is -7.14. The molecule has 226 valence electrons. The highest BCUT2D eigenvalue weighted by Crippen LogP contribution is 2.41. The third-order valence-electron chi connectivity index (χ3n) is 6.72. The van der Waals surface area contributed by atoms with E-state index in [1.54, 1.807) is 0 Å². The van der Waals surface area contributed by atoms with E-state index in [0.717, 1.165) is 11.0 Å². The molecule has 23 heteroatoms. The quantitative estimate of drug-likeness (QED) is 0.0759. The maximum Gasteiger partial charge on any atom is 0.280 e. The molecule has 0 aliphatic carbocycles. The van der Waals surface area contributed by atoms with E-state index in [-0.39, 0.29) is 41.5 Å². The largest absolute Gasteiger partial charge is 0.369 e. The van der Waals surface area contributed by atoms with Crippen LogP contribution in [-0.2, 0) is 27.2 Å². The Morgan fingerprint density at radius 2 is 1.95 bits per heavy atom. The lowest BCUT2D eigenvalue weighted by atomic mass is 10.0. The summed E-state index contributed by atoms with van der Waals surface area (Å²) in [7, 11) is 1.27. The van der Waals surface area contributed by atoms with Crippen LogP contribution in [0.3, 0.4) is 0 Å². The summed E-state index contributed by atoms with van der Waals surface area (Å²) in [4.78, 5) is 40.8. The third-order valence-corrected chi connectivity index (χ3v) is 7.77. The molecule has 0 spiro atoms. The van der Waals surface area contributed by atoms with Gasteiger partial charge in [0.1, 0.15) is 0 Å². The van der Waals surface area contributed by atoms with Gasteiger partial charge in [0.05, 0.1) is 32.0 Å². The molecular weight excluding hydrogens is 628 g/mol. The first-order valence-corrected chi connectivity index (χ1v) is 13.7. The number of nitrogens with zero attached hydrogens (tertiary/aromatic N) is 7. The summed E-state index contributed by atoms with van der Waals surface area (Å²) in [6.45, 7) is -0.228. The molecule has 4 N–H and O–H groups in total. The number of fused-ring (bicyclic) bond motifs is 2. The average molecular weight is 650 g/mol. The highest BCUT2D eigenvalue weighted by Gasteiger charge is 2.50. The lowest BCUT2D eigenvalue weighted by Crippen LogP contribution is -2.30. The molecule has 3 unspecified atom stereocenters. The zero-order chi connectivity index (χ0) is 29.5. The molecule has 2 aliphatic heterocycles. The van der Waals surface area contributed by atoms with Crippen LogP contribution in [0.25, 0.3) is 22.3 Å². The summed E-state index contributed by atoms with van der Waals surface area (Å²) in [5.41, 5.74) is 4.47. The summed E-state index contributed by atoms with van der Waals surface area (Å²) in [5.74, 6) is -1.04. The number of nitrogen functional groups attached to an aromatic ring is 1. The van der Waals surface area contributed by atoms with Gasteiger partial charge in [-0.15, -0.1) is 5.10 Å². The van der Waals surface area contributed by atoms with Crippen molar-refractivity contribution in [3.8, 4) is 0 Å². The monoisotopic (exact) mass is 650 g/mol. The predicted molar refractivity (Wildman–Crippen MR) is 144 cm³/mol. The lowest BCUT2D eigenvalue weighted by molar-refractivity contribution is -0.113. The molecule has 10 atom stereocenters. The van der Waals surface area contributed by atoms with Gasteiger partial charge in [-0.2, -0.15) is 9.67 Å². The number of rotatable bonds is 10. The average Bonchev–Trinajstić information content (AvgIpc) is 3.72. The van der Waals surface area contributed by atoms with Gasteiger partial charge >= 0.3 is 0 Å². The van der Waals surface area contributed by atoms with Crippen molar-refractivity contribution in [1.29, 1.82) is 0 Å². The van der Waals surface area contributed by atoms with E-state index in [0.29, 0.717) is 0 Å². The van der Waals surface area contributed by atoms with Crippen LogP contribution >= 0.6 is 31.4 Å². The van der Waals surface area contributed by atoms with Gasteiger partial charge in [0.15, 0.2) is 68.6 Å². The number of anilines is 1. The van der Waals surface area contributed by atoms with E-state index in [4.69, 9.17) is 33.0 Å². The molecule has 0 amide bonds. The Hall–Kier alpha value is -2.74. The molecule has 0 aromatic carbocycles. The predicted octanol–water partition coefficient (Wildman–Crippen LogP) is -0.147. The molecule has 2 saturated heterocycles. The SMILES string of the molecule is Nc1nc2c(ncn2[C@@H]2OC(OPOC[C@H]3[C@H](F)[C@H](n4nnc5c(=O)[nH]cnc54)O[C@@H]3COP)[C@@H](F)[C@H]2OS)c(=O)[nH]1. The van der Waals surface area contributed by atoms with Crippen molar-refractivity contribution in [2.24, 2.45) is 5.92 Å². The number of hydrogen-bond acceptors (Lipinski definition) is 15. The van der Waals surface area contributed by atoms with Crippen LogP contribution in [0, 0.1) is 5.92 Å². The smallest absolute Gasteiger partial charge is 0.280 e. The Balaban J connectivity index is 1.11. The molecule has 42 heavy (non-hydrogen) atoms. The molecule has 2 aliphatic rings. The minimum Gasteiger partial charge on any atom is -0.369 e. The molecule has 18 nitrogen and oxygen atoms in total. The van der Waals surface area contributed by atoms with E-state index in [1.807, 2.05) is 0 Å². The Bertz CT molecular complexity index is 1690. The number of ether oxygens (including phenoxy) is 2. The van der Waals surface area contributed by atoms with Gasteiger partial charge in [-0.1, -0.05) is 5.21 Å². The van der Waals surface area contributed by atoms with Crippen LogP contribution in [0.2, 0.25) is 0 Å². The molecule has 6 rings (SSSR count). The van der Waals surface area contributed by atoms with Gasteiger partial charge in [0.2, 0.25) is 5.95 Å². The summed E-state index contributed by atoms with van der Waals surface area (Å²) >= 11 is 3.76. The van der Waals surface area contributed by atoms with Gasteiger partial charge < -0.3 is 37.9 Å². The number of hydrogen-bond donors (Lipinski definition) is 4. The normalized spacial score (nSPS) is 30.0. The van der Waals surface area contributed by atoms with E-state index in [9.17, 15) is 9.59 Å². The van der Waals surface area contributed by atoms with E-state index in [1.165, 1.54) is 10.9 Å². The van der Waals surface area contributed by atoms with Gasteiger partial charge in [-0.25, -0.2) is 18.7 Å². The van der Waals surface area contributed by atoms with Gasteiger partial charge in [0, 0.05) is 15.4 Å². The van der Waals surface area contributed by atoms with E-state index < -0.39 is 69.4 Å². The molecule has 0 radical (unpaired) electrons. The highest BCUT2D eigenvalue weighted by molar-refractivity contribution is 7.75. The van der Waals surface area contributed by atoms with Crippen LogP contribution in [0.5, 0.6) is 0 Å². The Morgan fingerprint density at radius 3 is 2.74 bits per heavy atom. The number of aromatic amines is 2. The number of imidazole rings is 1. The summed E-state index contributed by atoms with van der Waals surface area (Å²) in [5, 5.41) is 7.60. The summed E-state index contributed by atoms with van der Waals surface area (Å²) < 4.78 is 65.8. The molecule has 0 saturated carbocycles. The molecule has 6 heterocycles. The zero-order valence-electron chi connectivity index (χ0n) is 20.9. The maximum atomic E-state index is 15.6. The molecule has 2 fully saturated rings. The fraction of sp³-hybridized carbons (Fsp3) is 0.526. The molecular formula is C19H22F2N10O8P2S. The molecule has 4 aromatic rings. The van der Waals surface area contributed by atoms with Crippen molar-refractivity contribution in [3.05, 3.63) is 33.4 Å². The topological polar surface area (TPSA) is 221 Å². The second kappa shape index (κ2) is 12.1. The second-order valence-corrected chi connectivity index (χ2v) is 10.4. The first kappa shape index (κ1) is 29.3. The van der Waals surface area contributed by atoms with Crippen molar-refractivity contribution in [2.45, 2.75) is 43.3 Å². The standard InChI is InChI=1S/C19H22F2N10O8P2S/c20-7-5(6(2-34-40)36-16(7)31-12-10(28-29-31)14(32)24-3-23-12)1-35-41-38-18-8(21)11(39-42)17(37-18)30-4-25-9-13(30)26-19(22)27-15(9)33/h3-8,11,16-18,41-42H,1-2,40H2,(H,23,24,32)(H3,22,26,27,33)/t5-,6-,7+,8+,11-,16-,17-,18?/m1/s1. The van der Waals surface area contributed by atoms with Gasteiger partial charge in [-0.3, -0.25) is 19.1 Å². The molecule has 0 bridgehead atoms. The third kappa shape index (κ3) is 5.18. The van der Waals surface area contributed by atoms with Crippen LogP contribution in [0.4, 0.5) is 14.7 Å². The van der Waals surface area contributed by atoms with Gasteiger partial charge in [0.25, 0.3) is 11.1 Å². The van der Waals surface area contributed by atoms with Crippen LogP contribution in [0.15, 0.2) is 22.2 Å². The number of thiol groups is 1. The summed E-state index contributed by atoms with van der Waals surface area (Å²) in [6, 6.07) is 0. The number of nitrogens with one attached hydrogen (secondary N) is 2. The number of aromatic nitrogens is 9. The number of halogens is 2.